The number of phosphoric ester groups is 1. The summed E-state index contributed by atoms with van der Waals surface area (Å²) in [6.07, 6.45) is 63.4. The fourth-order valence-corrected chi connectivity index (χ4v) is 9.63. The molecule has 12 heteroatoms. The SMILES string of the molecule is CCCCC/C=C\C/C=C\CCCCCCCCCCCC(=O)OC(COC(=O)CCCCCCC/C=C\CCCCCCCC)COP(=O)(O)OCC(CO)OC(=O)CCCCCCC/C=C\CCCCCCCC. The van der Waals surface area contributed by atoms with Crippen molar-refractivity contribution in [3.63, 3.8) is 0 Å². The van der Waals surface area contributed by atoms with E-state index < -0.39 is 57.8 Å². The molecule has 0 aromatic heterocycles. The molecule has 0 spiro atoms. The van der Waals surface area contributed by atoms with Crippen LogP contribution in [0.15, 0.2) is 48.6 Å². The molecule has 0 saturated heterocycles. The Hall–Kier alpha value is -2.56. The zero-order valence-electron chi connectivity index (χ0n) is 49.2. The smallest absolute Gasteiger partial charge is 0.462 e. The Morgan fingerprint density at radius 3 is 1.01 bits per heavy atom. The third-order valence-electron chi connectivity index (χ3n) is 13.7. The fraction of sp³-hybridized carbons (Fsp3) is 0.828. The number of ether oxygens (including phenoxy) is 3. The highest BCUT2D eigenvalue weighted by atomic mass is 31.2. The van der Waals surface area contributed by atoms with Gasteiger partial charge >= 0.3 is 25.7 Å². The Labute approximate surface area is 466 Å². The monoisotopic (exact) mass is 1090 g/mol. The van der Waals surface area contributed by atoms with Gasteiger partial charge in [-0.2, -0.15) is 0 Å². The topological polar surface area (TPSA) is 155 Å². The van der Waals surface area contributed by atoms with Crippen molar-refractivity contribution >= 4 is 25.7 Å². The van der Waals surface area contributed by atoms with Gasteiger partial charge in [-0.25, -0.2) is 4.57 Å². The number of rotatable bonds is 59. The van der Waals surface area contributed by atoms with Crippen molar-refractivity contribution in [1.82, 2.24) is 0 Å². The van der Waals surface area contributed by atoms with E-state index in [1.165, 1.54) is 135 Å². The van der Waals surface area contributed by atoms with Gasteiger partial charge in [-0.05, 0) is 103 Å². The molecule has 0 aliphatic carbocycles. The number of hydrogen-bond acceptors (Lipinski definition) is 10. The van der Waals surface area contributed by atoms with E-state index in [0.29, 0.717) is 19.3 Å². The van der Waals surface area contributed by atoms with E-state index in [9.17, 15) is 28.9 Å². The minimum atomic E-state index is -4.75. The van der Waals surface area contributed by atoms with Crippen LogP contribution < -0.4 is 0 Å². The summed E-state index contributed by atoms with van der Waals surface area (Å²) in [6.45, 7) is 4.63. The van der Waals surface area contributed by atoms with Crippen molar-refractivity contribution in [3.05, 3.63) is 48.6 Å². The van der Waals surface area contributed by atoms with Gasteiger partial charge < -0.3 is 24.2 Å². The van der Waals surface area contributed by atoms with Crippen LogP contribution in [0.4, 0.5) is 0 Å². The molecule has 0 rings (SSSR count). The molecular formula is C64H117O11P. The first-order valence-electron chi connectivity index (χ1n) is 31.5. The van der Waals surface area contributed by atoms with Gasteiger partial charge in [0.05, 0.1) is 19.8 Å². The summed E-state index contributed by atoms with van der Waals surface area (Å²) in [7, 11) is -4.75. The quantitative estimate of drug-likeness (QED) is 0.0197. The zero-order chi connectivity index (χ0) is 55.5. The third kappa shape index (κ3) is 56.2. The highest BCUT2D eigenvalue weighted by Crippen LogP contribution is 2.43. The second kappa shape index (κ2) is 58.6. The van der Waals surface area contributed by atoms with E-state index in [0.717, 1.165) is 109 Å². The highest BCUT2D eigenvalue weighted by Gasteiger charge is 2.28. The van der Waals surface area contributed by atoms with E-state index in [4.69, 9.17) is 23.3 Å². The molecule has 0 amide bonds. The van der Waals surface area contributed by atoms with Gasteiger partial charge in [0, 0.05) is 19.3 Å². The Morgan fingerprint density at radius 1 is 0.368 bits per heavy atom. The van der Waals surface area contributed by atoms with E-state index in [-0.39, 0.29) is 25.9 Å². The van der Waals surface area contributed by atoms with Crippen molar-refractivity contribution in [2.45, 2.75) is 315 Å². The third-order valence-corrected chi connectivity index (χ3v) is 14.6. The molecule has 0 heterocycles. The molecular weight excluding hydrogens is 976 g/mol. The first-order valence-corrected chi connectivity index (χ1v) is 33.0. The number of aliphatic hydroxyl groups is 1. The molecule has 0 saturated carbocycles. The number of allylic oxidation sites excluding steroid dienone is 8. The van der Waals surface area contributed by atoms with Gasteiger partial charge in [0.2, 0.25) is 0 Å². The zero-order valence-corrected chi connectivity index (χ0v) is 50.1. The minimum Gasteiger partial charge on any atom is -0.462 e. The largest absolute Gasteiger partial charge is 0.472 e. The maximum Gasteiger partial charge on any atom is 0.472 e. The molecule has 0 aromatic carbocycles. The van der Waals surface area contributed by atoms with Crippen LogP contribution in [0, 0.1) is 0 Å². The molecule has 444 valence electrons. The summed E-state index contributed by atoms with van der Waals surface area (Å²) in [6, 6.07) is 0. The van der Waals surface area contributed by atoms with Crippen LogP contribution in [0.3, 0.4) is 0 Å². The van der Waals surface area contributed by atoms with E-state index in [2.05, 4.69) is 69.4 Å². The molecule has 0 aromatic rings. The molecule has 3 unspecified atom stereocenters. The molecule has 76 heavy (non-hydrogen) atoms. The number of carbonyl (C=O) groups excluding carboxylic acids is 3. The van der Waals surface area contributed by atoms with Crippen LogP contribution in [0.5, 0.6) is 0 Å². The molecule has 0 bridgehead atoms. The maximum atomic E-state index is 12.9. The Bertz CT molecular complexity index is 1460. The predicted molar refractivity (Wildman–Crippen MR) is 316 cm³/mol. The van der Waals surface area contributed by atoms with Crippen molar-refractivity contribution in [1.29, 1.82) is 0 Å². The molecule has 0 aliphatic rings. The first kappa shape index (κ1) is 73.4. The average Bonchev–Trinajstić information content (AvgIpc) is 3.41. The van der Waals surface area contributed by atoms with Crippen molar-refractivity contribution in [2.24, 2.45) is 0 Å². The van der Waals surface area contributed by atoms with Crippen LogP contribution in [0.25, 0.3) is 0 Å². The molecule has 0 aliphatic heterocycles. The summed E-state index contributed by atoms with van der Waals surface area (Å²) in [5.74, 6) is -1.47. The van der Waals surface area contributed by atoms with Crippen LogP contribution in [0.1, 0.15) is 303 Å². The lowest BCUT2D eigenvalue weighted by atomic mass is 10.1. The Morgan fingerprint density at radius 2 is 0.645 bits per heavy atom. The van der Waals surface area contributed by atoms with Crippen LogP contribution in [-0.4, -0.2) is 66.5 Å². The van der Waals surface area contributed by atoms with Gasteiger partial charge in [-0.3, -0.25) is 23.4 Å². The molecule has 3 atom stereocenters. The lowest BCUT2D eigenvalue weighted by molar-refractivity contribution is -0.161. The Kier molecular flexibility index (Phi) is 56.6. The van der Waals surface area contributed by atoms with Crippen molar-refractivity contribution in [3.8, 4) is 0 Å². The summed E-state index contributed by atoms with van der Waals surface area (Å²) in [4.78, 5) is 48.7. The average molecular weight is 1090 g/mol. The van der Waals surface area contributed by atoms with Gasteiger partial charge in [-0.15, -0.1) is 0 Å². The number of aliphatic hydroxyl groups excluding tert-OH is 1. The fourth-order valence-electron chi connectivity index (χ4n) is 8.85. The number of hydrogen-bond donors (Lipinski definition) is 2. The van der Waals surface area contributed by atoms with Crippen LogP contribution >= 0.6 is 7.82 Å². The predicted octanol–water partition coefficient (Wildman–Crippen LogP) is 18.9. The van der Waals surface area contributed by atoms with Crippen molar-refractivity contribution < 1.29 is 52.2 Å². The minimum absolute atomic E-state index is 0.162. The van der Waals surface area contributed by atoms with Gasteiger partial charge in [-0.1, -0.05) is 230 Å². The summed E-state index contributed by atoms with van der Waals surface area (Å²) in [5, 5.41) is 9.84. The summed E-state index contributed by atoms with van der Waals surface area (Å²) < 4.78 is 39.6. The molecule has 0 fully saturated rings. The molecule has 2 N–H and O–H groups in total. The lowest BCUT2D eigenvalue weighted by Gasteiger charge is -2.21. The van der Waals surface area contributed by atoms with Gasteiger partial charge in [0.25, 0.3) is 0 Å². The normalized spacial score (nSPS) is 13.6. The van der Waals surface area contributed by atoms with Gasteiger partial charge in [0.15, 0.2) is 6.10 Å². The first-order chi connectivity index (χ1) is 37.2. The highest BCUT2D eigenvalue weighted by molar-refractivity contribution is 7.47. The van der Waals surface area contributed by atoms with E-state index >= 15 is 0 Å². The van der Waals surface area contributed by atoms with Crippen LogP contribution in [0.2, 0.25) is 0 Å². The second-order valence-electron chi connectivity index (χ2n) is 21.2. The number of unbranched alkanes of at least 4 members (excludes halogenated alkanes) is 34. The van der Waals surface area contributed by atoms with Gasteiger partial charge in [0.1, 0.15) is 12.7 Å². The molecule has 11 nitrogen and oxygen atoms in total. The Balaban J connectivity index is 4.70. The number of carbonyl (C=O) groups is 3. The van der Waals surface area contributed by atoms with Crippen molar-refractivity contribution in [2.75, 3.05) is 26.4 Å². The number of esters is 3. The van der Waals surface area contributed by atoms with E-state index in [1.54, 1.807) is 0 Å². The summed E-state index contributed by atoms with van der Waals surface area (Å²) >= 11 is 0. The van der Waals surface area contributed by atoms with E-state index in [1.807, 2.05) is 0 Å². The molecule has 0 radical (unpaired) electrons. The standard InChI is InChI=1S/C64H117O11P/c1-4-7-10-13-16-19-22-25-28-29-30-31-34-37-40-43-46-49-52-55-64(68)75-61(57-71-62(66)53-50-47-44-41-38-35-32-26-23-20-17-14-11-8-5-2)59-73-76(69,70)72-58-60(56-65)74-63(67)54-51-48-45-42-39-36-33-27-24-21-18-15-12-9-6-3/h16,19,25-28,32-33,60-61,65H,4-15,17-18,20-24,29-31,34-59H2,1-3H3,(H,69,70)/b19-16-,28-25-,32-26-,33-27-. The number of phosphoric acid groups is 1. The second-order valence-corrected chi connectivity index (χ2v) is 22.7. The van der Waals surface area contributed by atoms with Crippen LogP contribution in [-0.2, 0) is 42.2 Å². The summed E-state index contributed by atoms with van der Waals surface area (Å²) in [5.41, 5.74) is 0. The lowest BCUT2D eigenvalue weighted by Crippen LogP contribution is -2.30. The maximum absolute atomic E-state index is 12.9.